The van der Waals surface area contributed by atoms with E-state index in [0.717, 1.165) is 4.47 Å². The summed E-state index contributed by atoms with van der Waals surface area (Å²) in [6.45, 7) is 0.000914. The molecule has 0 aliphatic rings. The van der Waals surface area contributed by atoms with Crippen molar-refractivity contribution in [2.45, 2.75) is 6.42 Å². The van der Waals surface area contributed by atoms with Gasteiger partial charge in [-0.25, -0.2) is 4.39 Å². The average Bonchev–Trinajstić information content (AvgIpc) is 2.55. The second-order valence-electron chi connectivity index (χ2n) is 4.54. The summed E-state index contributed by atoms with van der Waals surface area (Å²) in [5.74, 6) is -1.27. The molecule has 0 atom stereocenters. The van der Waals surface area contributed by atoms with Crippen molar-refractivity contribution >= 4 is 27.7 Å². The highest BCUT2D eigenvalue weighted by molar-refractivity contribution is 9.10. The van der Waals surface area contributed by atoms with Gasteiger partial charge in [-0.05, 0) is 36.4 Å². The van der Waals surface area contributed by atoms with Crippen LogP contribution in [0.2, 0.25) is 0 Å². The first-order valence-corrected chi connectivity index (χ1v) is 7.57. The lowest BCUT2D eigenvalue weighted by molar-refractivity contribution is -0.122. The molecule has 0 fully saturated rings. The number of carbonyl (C=O) groups excluding carboxylic acids is 2. The van der Waals surface area contributed by atoms with Gasteiger partial charge < -0.3 is 4.74 Å². The van der Waals surface area contributed by atoms with Gasteiger partial charge in [0, 0.05) is 10.0 Å². The molecule has 0 saturated heterocycles. The maximum absolute atomic E-state index is 13.3. The number of hydrogen-bond donors (Lipinski definition) is 2. The van der Waals surface area contributed by atoms with Gasteiger partial charge in [0.1, 0.15) is 0 Å². The number of rotatable bonds is 5. The second kappa shape index (κ2) is 8.28. The first-order chi connectivity index (χ1) is 11.1. The predicted octanol–water partition coefficient (Wildman–Crippen LogP) is 2.82. The molecule has 2 N–H and O–H groups in total. The molecule has 0 aliphatic carbocycles. The highest BCUT2D eigenvalue weighted by atomic mass is 79.9. The number of carbonyl (C=O) groups is 2. The molecule has 2 aromatic rings. The third-order valence-corrected chi connectivity index (χ3v) is 3.37. The lowest BCUT2D eigenvalue weighted by atomic mass is 10.2. The van der Waals surface area contributed by atoms with Crippen LogP contribution in [0.25, 0.3) is 0 Å². The first kappa shape index (κ1) is 17.0. The third kappa shape index (κ3) is 5.37. The van der Waals surface area contributed by atoms with Gasteiger partial charge in [0.05, 0.1) is 13.0 Å². The minimum absolute atomic E-state index is 0.000914. The molecule has 23 heavy (non-hydrogen) atoms. The molecular weight excluding hydrogens is 367 g/mol. The Hall–Kier alpha value is -2.41. The fourth-order valence-corrected chi connectivity index (χ4v) is 1.94. The largest absolute Gasteiger partial charge is 0.490 e. The summed E-state index contributed by atoms with van der Waals surface area (Å²) in [7, 11) is 0. The third-order valence-electron chi connectivity index (χ3n) is 2.85. The zero-order valence-corrected chi connectivity index (χ0v) is 13.6. The van der Waals surface area contributed by atoms with Crippen LogP contribution in [0.1, 0.15) is 16.8 Å². The van der Waals surface area contributed by atoms with Gasteiger partial charge in [-0.2, -0.15) is 0 Å². The van der Waals surface area contributed by atoms with Crippen LogP contribution in [0, 0.1) is 5.82 Å². The van der Waals surface area contributed by atoms with E-state index in [2.05, 4.69) is 26.8 Å². The molecule has 0 heterocycles. The molecule has 0 spiro atoms. The number of amides is 2. The molecule has 5 nitrogen and oxygen atoms in total. The van der Waals surface area contributed by atoms with Gasteiger partial charge in [-0.3, -0.25) is 20.4 Å². The zero-order chi connectivity index (χ0) is 16.7. The Morgan fingerprint density at radius 2 is 1.74 bits per heavy atom. The van der Waals surface area contributed by atoms with Gasteiger partial charge in [-0.1, -0.05) is 28.1 Å². The van der Waals surface area contributed by atoms with Crippen LogP contribution >= 0.6 is 15.9 Å². The van der Waals surface area contributed by atoms with Crippen LogP contribution in [0.15, 0.2) is 53.0 Å². The molecule has 0 bridgehead atoms. The van der Waals surface area contributed by atoms with E-state index in [1.807, 2.05) is 0 Å². The van der Waals surface area contributed by atoms with E-state index in [4.69, 9.17) is 4.74 Å². The summed E-state index contributed by atoms with van der Waals surface area (Å²) < 4.78 is 19.3. The molecule has 0 aliphatic heterocycles. The van der Waals surface area contributed by atoms with E-state index in [1.54, 1.807) is 36.4 Å². The molecular formula is C16H14BrFN2O3. The zero-order valence-electron chi connectivity index (χ0n) is 12.0. The molecule has 2 rings (SSSR count). The minimum Gasteiger partial charge on any atom is -0.490 e. The van der Waals surface area contributed by atoms with Gasteiger partial charge in [0.15, 0.2) is 11.6 Å². The standard InChI is InChI=1S/C16H14BrFN2O3/c17-12-7-5-11(6-8-12)16(22)20-19-15(21)9-10-23-14-4-2-1-3-13(14)18/h1-8H,9-10H2,(H,19,21)(H,20,22). The van der Waals surface area contributed by atoms with Crippen LogP contribution in [0.5, 0.6) is 5.75 Å². The summed E-state index contributed by atoms with van der Waals surface area (Å²) in [5, 5.41) is 0. The Morgan fingerprint density at radius 3 is 2.43 bits per heavy atom. The smallest absolute Gasteiger partial charge is 0.269 e. The number of benzene rings is 2. The summed E-state index contributed by atoms with van der Waals surface area (Å²) in [6.07, 6.45) is -0.0189. The number of hydrogen-bond acceptors (Lipinski definition) is 3. The number of nitrogens with one attached hydrogen (secondary N) is 2. The molecule has 120 valence electrons. The maximum atomic E-state index is 13.3. The quantitative estimate of drug-likeness (QED) is 0.783. The van der Waals surface area contributed by atoms with E-state index in [9.17, 15) is 14.0 Å². The Balaban J connectivity index is 1.72. The second-order valence-corrected chi connectivity index (χ2v) is 5.45. The maximum Gasteiger partial charge on any atom is 0.269 e. The fraction of sp³-hybridized carbons (Fsp3) is 0.125. The first-order valence-electron chi connectivity index (χ1n) is 6.78. The van der Waals surface area contributed by atoms with Crippen LogP contribution < -0.4 is 15.6 Å². The van der Waals surface area contributed by atoms with Gasteiger partial charge in [0.25, 0.3) is 5.91 Å². The topological polar surface area (TPSA) is 67.4 Å². The Bertz CT molecular complexity index is 692. The molecule has 0 radical (unpaired) electrons. The molecule has 7 heteroatoms. The molecule has 2 aromatic carbocycles. The van der Waals surface area contributed by atoms with Gasteiger partial charge >= 0.3 is 0 Å². The lowest BCUT2D eigenvalue weighted by Crippen LogP contribution is -2.42. The van der Waals surface area contributed by atoms with Crippen molar-refractivity contribution in [2.24, 2.45) is 0 Å². The van der Waals surface area contributed by atoms with E-state index < -0.39 is 17.6 Å². The number of halogens is 2. The summed E-state index contributed by atoms with van der Waals surface area (Å²) in [4.78, 5) is 23.4. The van der Waals surface area contributed by atoms with Crippen molar-refractivity contribution in [1.82, 2.24) is 10.9 Å². The normalized spacial score (nSPS) is 10.0. The Kier molecular flexibility index (Phi) is 6.10. The van der Waals surface area contributed by atoms with Crippen LogP contribution in [-0.4, -0.2) is 18.4 Å². The number of ether oxygens (including phenoxy) is 1. The van der Waals surface area contributed by atoms with Crippen molar-refractivity contribution in [3.63, 3.8) is 0 Å². The molecule has 0 unspecified atom stereocenters. The molecule has 0 aromatic heterocycles. The Morgan fingerprint density at radius 1 is 1.04 bits per heavy atom. The van der Waals surface area contributed by atoms with E-state index in [1.165, 1.54) is 12.1 Å². The van der Waals surface area contributed by atoms with Crippen LogP contribution in [0.3, 0.4) is 0 Å². The predicted molar refractivity (Wildman–Crippen MR) is 86.3 cm³/mol. The van der Waals surface area contributed by atoms with Crippen molar-refractivity contribution < 1.29 is 18.7 Å². The van der Waals surface area contributed by atoms with E-state index in [0.29, 0.717) is 5.56 Å². The number of para-hydroxylation sites is 1. The fourth-order valence-electron chi connectivity index (χ4n) is 1.68. The summed E-state index contributed by atoms with van der Waals surface area (Å²) in [5.41, 5.74) is 4.98. The van der Waals surface area contributed by atoms with Gasteiger partial charge in [0.2, 0.25) is 5.91 Å². The highest BCUT2D eigenvalue weighted by Gasteiger charge is 2.08. The Labute approximate surface area is 140 Å². The van der Waals surface area contributed by atoms with Crippen molar-refractivity contribution in [3.8, 4) is 5.75 Å². The van der Waals surface area contributed by atoms with Crippen molar-refractivity contribution in [3.05, 3.63) is 64.4 Å². The lowest BCUT2D eigenvalue weighted by Gasteiger charge is -2.09. The van der Waals surface area contributed by atoms with Crippen molar-refractivity contribution in [1.29, 1.82) is 0 Å². The van der Waals surface area contributed by atoms with Crippen LogP contribution in [-0.2, 0) is 4.79 Å². The number of hydrazine groups is 1. The van der Waals surface area contributed by atoms with E-state index >= 15 is 0 Å². The summed E-state index contributed by atoms with van der Waals surface area (Å²) in [6, 6.07) is 12.6. The monoisotopic (exact) mass is 380 g/mol. The average molecular weight is 381 g/mol. The SMILES string of the molecule is O=C(CCOc1ccccc1F)NNC(=O)c1ccc(Br)cc1. The molecule has 2 amide bonds. The van der Waals surface area contributed by atoms with Gasteiger partial charge in [-0.15, -0.1) is 0 Å². The van der Waals surface area contributed by atoms with E-state index in [-0.39, 0.29) is 18.8 Å². The van der Waals surface area contributed by atoms with Crippen molar-refractivity contribution in [2.75, 3.05) is 6.61 Å². The van der Waals surface area contributed by atoms with Crippen LogP contribution in [0.4, 0.5) is 4.39 Å². The molecule has 0 saturated carbocycles. The highest BCUT2D eigenvalue weighted by Crippen LogP contribution is 2.15. The minimum atomic E-state index is -0.489. The summed E-state index contributed by atoms with van der Waals surface area (Å²) >= 11 is 3.27.